The van der Waals surface area contributed by atoms with Gasteiger partial charge in [0, 0.05) is 17.0 Å². The number of nitrogen functional groups attached to an aromatic ring is 1. The minimum Gasteiger partial charge on any atom is -0.398 e. The van der Waals surface area contributed by atoms with E-state index in [9.17, 15) is 0 Å². The van der Waals surface area contributed by atoms with Gasteiger partial charge in [-0.3, -0.25) is 0 Å². The van der Waals surface area contributed by atoms with Gasteiger partial charge < -0.3 is 11.1 Å². The van der Waals surface area contributed by atoms with Crippen LogP contribution in [0.1, 0.15) is 18.1 Å². The van der Waals surface area contributed by atoms with Crippen LogP contribution in [0.15, 0.2) is 12.1 Å². The molecule has 0 amide bonds. The van der Waals surface area contributed by atoms with Crippen LogP contribution in [-0.4, -0.2) is 5.71 Å². The molecule has 0 unspecified atom stereocenters. The maximum atomic E-state index is 7.42. The largest absolute Gasteiger partial charge is 0.398 e. The molecule has 1 aromatic rings. The third kappa shape index (κ3) is 1.59. The highest BCUT2D eigenvalue weighted by molar-refractivity contribution is 6.34. The van der Waals surface area contributed by atoms with Gasteiger partial charge in [0.1, 0.15) is 0 Å². The van der Waals surface area contributed by atoms with Gasteiger partial charge in [0.15, 0.2) is 0 Å². The van der Waals surface area contributed by atoms with Crippen molar-refractivity contribution in [2.75, 3.05) is 5.73 Å². The summed E-state index contributed by atoms with van der Waals surface area (Å²) in [6.45, 7) is 3.60. The number of nitrogens with one attached hydrogen (secondary N) is 1. The average molecular weight is 183 g/mol. The van der Waals surface area contributed by atoms with Gasteiger partial charge >= 0.3 is 0 Å². The molecular formula is C9H11ClN2. The van der Waals surface area contributed by atoms with Crippen molar-refractivity contribution in [3.05, 3.63) is 28.3 Å². The summed E-state index contributed by atoms with van der Waals surface area (Å²) in [6, 6.07) is 3.63. The molecule has 1 rings (SSSR count). The van der Waals surface area contributed by atoms with Crippen LogP contribution in [0.4, 0.5) is 5.69 Å². The van der Waals surface area contributed by atoms with Gasteiger partial charge in [0.25, 0.3) is 0 Å². The molecule has 64 valence electrons. The van der Waals surface area contributed by atoms with Crippen molar-refractivity contribution in [2.45, 2.75) is 13.8 Å². The first-order valence-electron chi connectivity index (χ1n) is 3.63. The number of hydrogen-bond acceptors (Lipinski definition) is 2. The Hall–Kier alpha value is -1.02. The van der Waals surface area contributed by atoms with E-state index < -0.39 is 0 Å². The van der Waals surface area contributed by atoms with Crippen LogP contribution in [0.5, 0.6) is 0 Å². The first kappa shape index (κ1) is 9.07. The van der Waals surface area contributed by atoms with Gasteiger partial charge in [-0.15, -0.1) is 0 Å². The van der Waals surface area contributed by atoms with Crippen molar-refractivity contribution >= 4 is 23.0 Å². The fraction of sp³-hybridized carbons (Fsp3) is 0.222. The van der Waals surface area contributed by atoms with E-state index in [0.717, 1.165) is 5.56 Å². The van der Waals surface area contributed by atoms with Crippen molar-refractivity contribution in [1.29, 1.82) is 5.41 Å². The maximum Gasteiger partial charge on any atom is 0.0519 e. The lowest BCUT2D eigenvalue weighted by atomic mass is 10.1. The zero-order valence-electron chi connectivity index (χ0n) is 7.11. The SMILES string of the molecule is CC(=N)c1c(N)cc(C)cc1Cl. The monoisotopic (exact) mass is 182 g/mol. The van der Waals surface area contributed by atoms with E-state index in [1.165, 1.54) is 0 Å². The highest BCUT2D eigenvalue weighted by atomic mass is 35.5. The van der Waals surface area contributed by atoms with E-state index in [4.69, 9.17) is 22.7 Å². The number of nitrogens with two attached hydrogens (primary N) is 1. The Kier molecular flexibility index (Phi) is 2.38. The second kappa shape index (κ2) is 3.15. The molecule has 3 N–H and O–H groups in total. The average Bonchev–Trinajstić information content (AvgIpc) is 1.82. The number of aryl methyl sites for hydroxylation is 1. The third-order valence-electron chi connectivity index (χ3n) is 1.64. The fourth-order valence-corrected chi connectivity index (χ4v) is 1.59. The predicted octanol–water partition coefficient (Wildman–Crippen LogP) is 2.62. The van der Waals surface area contributed by atoms with E-state index in [-0.39, 0.29) is 0 Å². The first-order chi connectivity index (χ1) is 5.52. The zero-order chi connectivity index (χ0) is 9.30. The number of hydrogen-bond donors (Lipinski definition) is 2. The number of anilines is 1. The molecule has 0 aliphatic rings. The van der Waals surface area contributed by atoms with Gasteiger partial charge in [0.2, 0.25) is 0 Å². The van der Waals surface area contributed by atoms with Crippen molar-refractivity contribution in [1.82, 2.24) is 0 Å². The molecule has 1 aromatic carbocycles. The van der Waals surface area contributed by atoms with E-state index in [2.05, 4.69) is 0 Å². The van der Waals surface area contributed by atoms with Crippen LogP contribution in [-0.2, 0) is 0 Å². The van der Waals surface area contributed by atoms with E-state index >= 15 is 0 Å². The Morgan fingerprint density at radius 3 is 2.50 bits per heavy atom. The molecule has 2 nitrogen and oxygen atoms in total. The summed E-state index contributed by atoms with van der Waals surface area (Å²) in [5.74, 6) is 0. The molecule has 0 heterocycles. The maximum absolute atomic E-state index is 7.42. The van der Waals surface area contributed by atoms with Crippen LogP contribution in [0.2, 0.25) is 5.02 Å². The number of rotatable bonds is 1. The van der Waals surface area contributed by atoms with Gasteiger partial charge in [0.05, 0.1) is 5.02 Å². The fourth-order valence-electron chi connectivity index (χ4n) is 1.16. The quantitative estimate of drug-likeness (QED) is 0.509. The molecule has 0 spiro atoms. The van der Waals surface area contributed by atoms with Crippen LogP contribution in [0, 0.1) is 12.3 Å². The molecule has 0 aliphatic carbocycles. The van der Waals surface area contributed by atoms with E-state index in [0.29, 0.717) is 22.0 Å². The normalized spacial score (nSPS) is 9.92. The second-order valence-electron chi connectivity index (χ2n) is 2.84. The van der Waals surface area contributed by atoms with Gasteiger partial charge in [-0.05, 0) is 31.5 Å². The lowest BCUT2D eigenvalue weighted by Crippen LogP contribution is -2.01. The lowest BCUT2D eigenvalue weighted by Gasteiger charge is -2.07. The van der Waals surface area contributed by atoms with E-state index in [1.807, 2.05) is 19.1 Å². The Bertz CT molecular complexity index is 308. The molecule has 3 heteroatoms. The third-order valence-corrected chi connectivity index (χ3v) is 1.94. The van der Waals surface area contributed by atoms with Gasteiger partial charge in [-0.2, -0.15) is 0 Å². The number of benzene rings is 1. The smallest absolute Gasteiger partial charge is 0.0519 e. The second-order valence-corrected chi connectivity index (χ2v) is 3.24. The highest BCUT2D eigenvalue weighted by Crippen LogP contribution is 2.24. The highest BCUT2D eigenvalue weighted by Gasteiger charge is 2.06. The summed E-state index contributed by atoms with van der Waals surface area (Å²) in [5, 5.41) is 7.98. The summed E-state index contributed by atoms with van der Waals surface area (Å²) < 4.78 is 0. The molecule has 0 saturated heterocycles. The standard InChI is InChI=1S/C9H11ClN2/c1-5-3-7(10)9(6(2)11)8(12)4-5/h3-4,11H,12H2,1-2H3. The van der Waals surface area contributed by atoms with Crippen molar-refractivity contribution in [3.63, 3.8) is 0 Å². The summed E-state index contributed by atoms with van der Waals surface area (Å²) in [7, 11) is 0. The molecular weight excluding hydrogens is 172 g/mol. The van der Waals surface area contributed by atoms with Crippen molar-refractivity contribution in [2.24, 2.45) is 0 Å². The summed E-state index contributed by atoms with van der Waals surface area (Å²) in [5.41, 5.74) is 8.33. The molecule has 0 bridgehead atoms. The minimum absolute atomic E-state index is 0.400. The Morgan fingerprint density at radius 1 is 1.50 bits per heavy atom. The van der Waals surface area contributed by atoms with Crippen LogP contribution < -0.4 is 5.73 Å². The predicted molar refractivity (Wildman–Crippen MR) is 53.1 cm³/mol. The first-order valence-corrected chi connectivity index (χ1v) is 4.01. The molecule has 0 radical (unpaired) electrons. The van der Waals surface area contributed by atoms with Crippen molar-refractivity contribution in [3.8, 4) is 0 Å². The molecule has 0 fully saturated rings. The molecule has 0 saturated carbocycles. The minimum atomic E-state index is 0.400. The Morgan fingerprint density at radius 2 is 2.08 bits per heavy atom. The summed E-state index contributed by atoms with van der Waals surface area (Å²) in [4.78, 5) is 0. The summed E-state index contributed by atoms with van der Waals surface area (Å²) >= 11 is 5.91. The van der Waals surface area contributed by atoms with E-state index in [1.54, 1.807) is 6.92 Å². The lowest BCUT2D eigenvalue weighted by molar-refractivity contribution is 1.42. The molecule has 0 atom stereocenters. The topological polar surface area (TPSA) is 49.9 Å². The van der Waals surface area contributed by atoms with Gasteiger partial charge in [-0.1, -0.05) is 11.6 Å². The van der Waals surface area contributed by atoms with Crippen LogP contribution in [0.3, 0.4) is 0 Å². The Labute approximate surface area is 76.9 Å². The van der Waals surface area contributed by atoms with Crippen LogP contribution in [0.25, 0.3) is 0 Å². The van der Waals surface area contributed by atoms with Gasteiger partial charge in [-0.25, -0.2) is 0 Å². The zero-order valence-corrected chi connectivity index (χ0v) is 7.87. The molecule has 0 aliphatic heterocycles. The number of halogens is 1. The molecule has 0 aromatic heterocycles. The summed E-state index contributed by atoms with van der Waals surface area (Å²) in [6.07, 6.45) is 0. The molecule has 12 heavy (non-hydrogen) atoms. The van der Waals surface area contributed by atoms with Crippen molar-refractivity contribution < 1.29 is 0 Å². The van der Waals surface area contributed by atoms with Crippen LogP contribution >= 0.6 is 11.6 Å². The Balaban J connectivity index is 3.38.